The van der Waals surface area contributed by atoms with Crippen molar-refractivity contribution in [2.24, 2.45) is 0 Å². The molecule has 6 heteroatoms. The second-order valence-electron chi connectivity index (χ2n) is 3.21. The Hall–Kier alpha value is -1.43. The van der Waals surface area contributed by atoms with E-state index in [9.17, 15) is 14.0 Å². The first-order valence-electron chi connectivity index (χ1n) is 4.84. The zero-order valence-corrected chi connectivity index (χ0v) is 10.7. The summed E-state index contributed by atoms with van der Waals surface area (Å²) in [6.07, 6.45) is 0.0983. The summed E-state index contributed by atoms with van der Waals surface area (Å²) in [5.74, 6) is -1.20. The van der Waals surface area contributed by atoms with Crippen molar-refractivity contribution >= 4 is 27.8 Å². The molecule has 0 fully saturated rings. The Morgan fingerprint density at radius 3 is 2.76 bits per heavy atom. The maximum atomic E-state index is 12.8. The Labute approximate surface area is 106 Å². The van der Waals surface area contributed by atoms with Gasteiger partial charge in [-0.3, -0.25) is 9.59 Å². The van der Waals surface area contributed by atoms with E-state index in [1.165, 1.54) is 25.3 Å². The topological polar surface area (TPSA) is 55.4 Å². The summed E-state index contributed by atoms with van der Waals surface area (Å²) in [4.78, 5) is 22.4. The third-order valence-corrected chi connectivity index (χ3v) is 2.67. The highest BCUT2D eigenvalue weighted by atomic mass is 79.9. The zero-order chi connectivity index (χ0) is 12.8. The smallest absolute Gasteiger partial charge is 0.307 e. The Kier molecular flexibility index (Phi) is 5.09. The van der Waals surface area contributed by atoms with Crippen LogP contribution >= 0.6 is 15.9 Å². The van der Waals surface area contributed by atoms with Crippen LogP contribution in [0.5, 0.6) is 0 Å². The Balaban J connectivity index is 2.55. The standard InChI is InChI=1S/C11H11BrFNO3/c1-17-10(15)4-5-14-11(16)8-3-2-7(13)6-9(8)12/h2-3,6H,4-5H2,1H3,(H,14,16). The third-order valence-electron chi connectivity index (χ3n) is 2.02. The Bertz CT molecular complexity index is 437. The highest BCUT2D eigenvalue weighted by Crippen LogP contribution is 2.17. The maximum absolute atomic E-state index is 12.8. The van der Waals surface area contributed by atoms with Gasteiger partial charge in [0.2, 0.25) is 0 Å². The van der Waals surface area contributed by atoms with Gasteiger partial charge in [-0.15, -0.1) is 0 Å². The lowest BCUT2D eigenvalue weighted by atomic mass is 10.2. The van der Waals surface area contributed by atoms with Crippen molar-refractivity contribution in [2.45, 2.75) is 6.42 Å². The van der Waals surface area contributed by atoms with Gasteiger partial charge in [0, 0.05) is 11.0 Å². The van der Waals surface area contributed by atoms with Crippen molar-refractivity contribution in [1.82, 2.24) is 5.32 Å². The molecule has 1 rings (SSSR count). The quantitative estimate of drug-likeness (QED) is 0.864. The monoisotopic (exact) mass is 303 g/mol. The number of carbonyl (C=O) groups excluding carboxylic acids is 2. The SMILES string of the molecule is COC(=O)CCNC(=O)c1ccc(F)cc1Br. The van der Waals surface area contributed by atoms with E-state index >= 15 is 0 Å². The number of nitrogens with one attached hydrogen (secondary N) is 1. The minimum absolute atomic E-state index is 0.0983. The number of hydrogen-bond acceptors (Lipinski definition) is 3. The minimum atomic E-state index is -0.428. The number of hydrogen-bond donors (Lipinski definition) is 1. The van der Waals surface area contributed by atoms with Crippen molar-refractivity contribution in [3.63, 3.8) is 0 Å². The molecule has 1 aromatic rings. The van der Waals surface area contributed by atoms with Gasteiger partial charge >= 0.3 is 5.97 Å². The van der Waals surface area contributed by atoms with Gasteiger partial charge in [-0.05, 0) is 34.1 Å². The van der Waals surface area contributed by atoms with Gasteiger partial charge in [-0.1, -0.05) is 0 Å². The molecule has 0 radical (unpaired) electrons. The van der Waals surface area contributed by atoms with Gasteiger partial charge in [0.15, 0.2) is 0 Å². The molecule has 0 aliphatic carbocycles. The van der Waals surface area contributed by atoms with E-state index in [1.54, 1.807) is 0 Å². The van der Waals surface area contributed by atoms with Crippen molar-refractivity contribution in [1.29, 1.82) is 0 Å². The number of rotatable bonds is 4. The zero-order valence-electron chi connectivity index (χ0n) is 9.13. The molecule has 0 unspecified atom stereocenters. The highest BCUT2D eigenvalue weighted by molar-refractivity contribution is 9.10. The van der Waals surface area contributed by atoms with Gasteiger partial charge in [-0.25, -0.2) is 4.39 Å². The first-order valence-corrected chi connectivity index (χ1v) is 5.64. The van der Waals surface area contributed by atoms with Gasteiger partial charge in [0.05, 0.1) is 19.1 Å². The summed E-state index contributed by atoms with van der Waals surface area (Å²) in [6, 6.07) is 3.77. The van der Waals surface area contributed by atoms with Crippen molar-refractivity contribution in [2.75, 3.05) is 13.7 Å². The second kappa shape index (κ2) is 6.34. The summed E-state index contributed by atoms with van der Waals surface area (Å²) in [5, 5.41) is 2.53. The molecule has 1 aromatic carbocycles. The third kappa shape index (κ3) is 4.14. The summed E-state index contributed by atoms with van der Waals surface area (Å²) in [7, 11) is 1.28. The van der Waals surface area contributed by atoms with Crippen LogP contribution < -0.4 is 5.32 Å². The molecule has 1 N–H and O–H groups in total. The molecule has 0 spiro atoms. The predicted molar refractivity (Wildman–Crippen MR) is 63.1 cm³/mol. The van der Waals surface area contributed by atoms with E-state index in [0.717, 1.165) is 0 Å². The van der Waals surface area contributed by atoms with Crippen LogP contribution in [0.25, 0.3) is 0 Å². The molecule has 92 valence electrons. The van der Waals surface area contributed by atoms with E-state index in [1.807, 2.05) is 0 Å². The lowest BCUT2D eigenvalue weighted by molar-refractivity contribution is -0.140. The molecule has 4 nitrogen and oxygen atoms in total. The lowest BCUT2D eigenvalue weighted by Gasteiger charge is -2.06. The van der Waals surface area contributed by atoms with Crippen molar-refractivity contribution in [3.05, 3.63) is 34.1 Å². The van der Waals surface area contributed by atoms with E-state index in [-0.39, 0.29) is 18.9 Å². The molecule has 17 heavy (non-hydrogen) atoms. The van der Waals surface area contributed by atoms with E-state index in [0.29, 0.717) is 10.0 Å². The number of halogens is 2. The molecular formula is C11H11BrFNO3. The molecule has 0 aliphatic rings. The summed E-state index contributed by atoms with van der Waals surface area (Å²) < 4.78 is 17.6. The van der Waals surface area contributed by atoms with Crippen LogP contribution in [0.3, 0.4) is 0 Å². The van der Waals surface area contributed by atoms with Crippen LogP contribution in [0.15, 0.2) is 22.7 Å². The second-order valence-corrected chi connectivity index (χ2v) is 4.06. The molecule has 0 saturated carbocycles. The number of methoxy groups -OCH3 is 1. The number of amides is 1. The fraction of sp³-hybridized carbons (Fsp3) is 0.273. The Morgan fingerprint density at radius 1 is 1.47 bits per heavy atom. The number of ether oxygens (including phenoxy) is 1. The molecule has 0 atom stereocenters. The normalized spacial score (nSPS) is 9.82. The van der Waals surface area contributed by atoms with Crippen LogP contribution in [-0.4, -0.2) is 25.5 Å². The molecule has 0 aromatic heterocycles. The molecular weight excluding hydrogens is 293 g/mol. The number of esters is 1. The fourth-order valence-corrected chi connectivity index (χ4v) is 1.68. The van der Waals surface area contributed by atoms with Gasteiger partial charge in [-0.2, -0.15) is 0 Å². The molecule has 1 amide bonds. The lowest BCUT2D eigenvalue weighted by Crippen LogP contribution is -2.26. The average molecular weight is 304 g/mol. The predicted octanol–water partition coefficient (Wildman–Crippen LogP) is 1.88. The fourth-order valence-electron chi connectivity index (χ4n) is 1.15. The number of benzene rings is 1. The highest BCUT2D eigenvalue weighted by Gasteiger charge is 2.10. The van der Waals surface area contributed by atoms with Crippen LogP contribution in [0.1, 0.15) is 16.8 Å². The van der Waals surface area contributed by atoms with Crippen LogP contribution in [0.4, 0.5) is 4.39 Å². The summed E-state index contributed by atoms with van der Waals surface area (Å²) >= 11 is 3.09. The molecule has 0 saturated heterocycles. The minimum Gasteiger partial charge on any atom is -0.469 e. The first kappa shape index (κ1) is 13.6. The molecule has 0 heterocycles. The van der Waals surface area contributed by atoms with E-state index < -0.39 is 11.8 Å². The number of carbonyl (C=O) groups is 2. The average Bonchev–Trinajstić information content (AvgIpc) is 2.28. The van der Waals surface area contributed by atoms with Gasteiger partial charge < -0.3 is 10.1 Å². The maximum Gasteiger partial charge on any atom is 0.307 e. The van der Waals surface area contributed by atoms with Crippen LogP contribution in [-0.2, 0) is 9.53 Å². The largest absolute Gasteiger partial charge is 0.469 e. The van der Waals surface area contributed by atoms with E-state index in [2.05, 4.69) is 26.0 Å². The Morgan fingerprint density at radius 2 is 2.18 bits per heavy atom. The van der Waals surface area contributed by atoms with Crippen molar-refractivity contribution in [3.8, 4) is 0 Å². The van der Waals surface area contributed by atoms with Gasteiger partial charge in [0.25, 0.3) is 5.91 Å². The molecule has 0 aliphatic heterocycles. The summed E-state index contributed by atoms with van der Waals surface area (Å²) in [5.41, 5.74) is 0.316. The van der Waals surface area contributed by atoms with Gasteiger partial charge in [0.1, 0.15) is 5.82 Å². The van der Waals surface area contributed by atoms with Crippen molar-refractivity contribution < 1.29 is 18.7 Å². The van der Waals surface area contributed by atoms with Crippen LogP contribution in [0.2, 0.25) is 0 Å². The summed E-state index contributed by atoms with van der Waals surface area (Å²) in [6.45, 7) is 0.176. The molecule has 0 bridgehead atoms. The first-order chi connectivity index (χ1) is 8.04. The van der Waals surface area contributed by atoms with E-state index in [4.69, 9.17) is 0 Å². The van der Waals surface area contributed by atoms with Crippen LogP contribution in [0, 0.1) is 5.82 Å².